The minimum Gasteiger partial charge on any atom is -0.332 e. The highest BCUT2D eigenvalue weighted by atomic mass is 32.2. The molecule has 0 aromatic rings. The molecule has 0 spiro atoms. The van der Waals surface area contributed by atoms with Crippen LogP contribution in [0.25, 0.3) is 0 Å². The van der Waals surface area contributed by atoms with E-state index < -0.39 is 0 Å². The molecule has 15 heavy (non-hydrogen) atoms. The van der Waals surface area contributed by atoms with Gasteiger partial charge in [0.25, 0.3) is 0 Å². The van der Waals surface area contributed by atoms with E-state index in [0.29, 0.717) is 5.25 Å². The maximum absolute atomic E-state index is 6.94. The van der Waals surface area contributed by atoms with Crippen LogP contribution in [-0.4, -0.2) is 17.8 Å². The molecule has 1 unspecified atom stereocenters. The average Bonchev–Trinajstić information content (AvgIpc) is 2.56. The lowest BCUT2D eigenvalue weighted by Crippen LogP contribution is -2.18. The molecule has 0 aliphatic carbocycles. The summed E-state index contributed by atoms with van der Waals surface area (Å²) in [7, 11) is 0. The largest absolute Gasteiger partial charge is 0.332 e. The van der Waals surface area contributed by atoms with Crippen LogP contribution in [0.5, 0.6) is 0 Å². The van der Waals surface area contributed by atoms with Gasteiger partial charge in [-0.05, 0) is 18.4 Å². The molecule has 2 N–H and O–H groups in total. The standard InChI is InChI=1S/C11H19N3S/c1-5-9-8(6-13-7-12)10(14-15-9)11(2,3)4/h6-7,9,12,14H,5H2,1-4H3. The van der Waals surface area contributed by atoms with Crippen LogP contribution in [0.15, 0.2) is 16.3 Å². The number of hydrogen-bond donors (Lipinski definition) is 2. The molecule has 0 saturated carbocycles. The number of aliphatic imine (C=N–C) groups is 1. The van der Waals surface area contributed by atoms with Crippen molar-refractivity contribution in [2.45, 2.75) is 39.4 Å². The molecular formula is C11H19N3S. The Kier molecular flexibility index (Phi) is 3.97. The lowest BCUT2D eigenvalue weighted by atomic mass is 9.88. The van der Waals surface area contributed by atoms with Gasteiger partial charge >= 0.3 is 0 Å². The van der Waals surface area contributed by atoms with Crippen molar-refractivity contribution in [2.24, 2.45) is 10.4 Å². The first-order valence-corrected chi connectivity index (χ1v) is 6.07. The first kappa shape index (κ1) is 12.3. The van der Waals surface area contributed by atoms with E-state index in [1.807, 2.05) is 6.21 Å². The quantitative estimate of drug-likeness (QED) is 0.440. The predicted octanol–water partition coefficient (Wildman–Crippen LogP) is 2.99. The summed E-state index contributed by atoms with van der Waals surface area (Å²) < 4.78 is 3.39. The molecule has 0 aromatic carbocycles. The normalized spacial score (nSPS) is 22.3. The van der Waals surface area contributed by atoms with Crippen LogP contribution in [0.4, 0.5) is 0 Å². The summed E-state index contributed by atoms with van der Waals surface area (Å²) in [4.78, 5) is 3.92. The molecule has 0 bridgehead atoms. The van der Waals surface area contributed by atoms with Gasteiger partial charge < -0.3 is 4.72 Å². The van der Waals surface area contributed by atoms with Crippen molar-refractivity contribution in [1.82, 2.24) is 4.72 Å². The zero-order valence-electron chi connectivity index (χ0n) is 9.79. The van der Waals surface area contributed by atoms with Crippen molar-refractivity contribution in [3.05, 3.63) is 11.3 Å². The number of allylic oxidation sites excluding steroid dienone is 1. The highest BCUT2D eigenvalue weighted by molar-refractivity contribution is 7.98. The molecule has 3 nitrogen and oxygen atoms in total. The minimum absolute atomic E-state index is 0.111. The Morgan fingerprint density at radius 2 is 2.20 bits per heavy atom. The minimum atomic E-state index is 0.111. The summed E-state index contributed by atoms with van der Waals surface area (Å²) >= 11 is 1.75. The Hall–Kier alpha value is -0.770. The first-order chi connectivity index (χ1) is 7.00. The predicted molar refractivity (Wildman–Crippen MR) is 68.6 cm³/mol. The van der Waals surface area contributed by atoms with Crippen molar-refractivity contribution in [2.75, 3.05) is 0 Å². The van der Waals surface area contributed by atoms with Crippen molar-refractivity contribution in [3.63, 3.8) is 0 Å². The first-order valence-electron chi connectivity index (χ1n) is 5.19. The molecule has 1 rings (SSSR count). The molecule has 1 aliphatic rings. The second-order valence-electron chi connectivity index (χ2n) is 4.60. The van der Waals surface area contributed by atoms with E-state index in [1.54, 1.807) is 11.9 Å². The third-order valence-corrected chi connectivity index (χ3v) is 3.54. The molecule has 0 amide bonds. The SMILES string of the molecule is CCC1SNC(C(C)(C)C)=C1C=NC=N. The van der Waals surface area contributed by atoms with E-state index in [9.17, 15) is 0 Å². The number of nitrogens with one attached hydrogen (secondary N) is 2. The van der Waals surface area contributed by atoms with Gasteiger partial charge in [0.2, 0.25) is 0 Å². The molecule has 84 valence electrons. The van der Waals surface area contributed by atoms with Gasteiger partial charge in [0.1, 0.15) is 6.34 Å². The Balaban J connectivity index is 3.04. The molecule has 0 saturated heterocycles. The Morgan fingerprint density at radius 3 is 2.67 bits per heavy atom. The number of nitrogens with zero attached hydrogens (tertiary/aromatic N) is 1. The molecule has 0 fully saturated rings. The number of rotatable bonds is 3. The molecule has 1 heterocycles. The van der Waals surface area contributed by atoms with E-state index in [0.717, 1.165) is 12.8 Å². The summed E-state index contributed by atoms with van der Waals surface area (Å²) in [6, 6.07) is 0. The monoisotopic (exact) mass is 225 g/mol. The van der Waals surface area contributed by atoms with Gasteiger partial charge in [0.05, 0.1) is 5.25 Å². The highest BCUT2D eigenvalue weighted by Gasteiger charge is 2.30. The van der Waals surface area contributed by atoms with Gasteiger partial charge in [-0.1, -0.05) is 27.7 Å². The van der Waals surface area contributed by atoms with Crippen LogP contribution in [-0.2, 0) is 0 Å². The summed E-state index contributed by atoms with van der Waals surface area (Å²) in [6.07, 6.45) is 3.98. The van der Waals surface area contributed by atoms with E-state index in [4.69, 9.17) is 5.41 Å². The Morgan fingerprint density at radius 1 is 1.53 bits per heavy atom. The van der Waals surface area contributed by atoms with Crippen molar-refractivity contribution < 1.29 is 0 Å². The Labute approximate surface area is 96.1 Å². The zero-order valence-corrected chi connectivity index (χ0v) is 10.6. The topological polar surface area (TPSA) is 48.2 Å². The van der Waals surface area contributed by atoms with Crippen molar-refractivity contribution in [1.29, 1.82) is 5.41 Å². The summed E-state index contributed by atoms with van der Waals surface area (Å²) in [6.45, 7) is 8.73. The average molecular weight is 225 g/mol. The summed E-state index contributed by atoms with van der Waals surface area (Å²) in [5.74, 6) is 0. The smallest absolute Gasteiger partial charge is 0.106 e. The van der Waals surface area contributed by atoms with Gasteiger partial charge in [0.15, 0.2) is 0 Å². The fraction of sp³-hybridized carbons (Fsp3) is 0.636. The van der Waals surface area contributed by atoms with Crippen LogP contribution in [0, 0.1) is 10.8 Å². The molecule has 0 radical (unpaired) electrons. The van der Waals surface area contributed by atoms with Crippen LogP contribution in [0.1, 0.15) is 34.1 Å². The summed E-state index contributed by atoms with van der Waals surface area (Å²) in [5.41, 5.74) is 2.59. The van der Waals surface area contributed by atoms with E-state index >= 15 is 0 Å². The Bertz CT molecular complexity index is 299. The zero-order chi connectivity index (χ0) is 11.5. The second-order valence-corrected chi connectivity index (χ2v) is 5.61. The second kappa shape index (κ2) is 4.84. The van der Waals surface area contributed by atoms with Crippen molar-refractivity contribution >= 4 is 24.5 Å². The van der Waals surface area contributed by atoms with Gasteiger partial charge in [-0.3, -0.25) is 5.41 Å². The molecule has 4 heteroatoms. The highest BCUT2D eigenvalue weighted by Crippen LogP contribution is 2.37. The molecule has 1 aliphatic heterocycles. The van der Waals surface area contributed by atoms with E-state index in [1.165, 1.54) is 11.3 Å². The maximum Gasteiger partial charge on any atom is 0.106 e. The van der Waals surface area contributed by atoms with Gasteiger partial charge in [0, 0.05) is 22.9 Å². The fourth-order valence-corrected chi connectivity index (χ4v) is 2.72. The van der Waals surface area contributed by atoms with Crippen LogP contribution in [0.3, 0.4) is 0 Å². The van der Waals surface area contributed by atoms with Gasteiger partial charge in [-0.25, -0.2) is 4.99 Å². The fourth-order valence-electron chi connectivity index (χ4n) is 1.57. The third-order valence-electron chi connectivity index (χ3n) is 2.35. The van der Waals surface area contributed by atoms with Gasteiger partial charge in [-0.2, -0.15) is 0 Å². The molecule has 1 atom stereocenters. The molecular weight excluding hydrogens is 206 g/mol. The third kappa shape index (κ3) is 2.84. The van der Waals surface area contributed by atoms with Crippen LogP contribution < -0.4 is 4.72 Å². The van der Waals surface area contributed by atoms with Crippen LogP contribution >= 0.6 is 11.9 Å². The maximum atomic E-state index is 6.94. The lowest BCUT2D eigenvalue weighted by molar-refractivity contribution is 0.487. The van der Waals surface area contributed by atoms with E-state index in [2.05, 4.69) is 37.4 Å². The molecule has 0 aromatic heterocycles. The van der Waals surface area contributed by atoms with Crippen molar-refractivity contribution in [3.8, 4) is 0 Å². The van der Waals surface area contributed by atoms with Crippen LogP contribution in [0.2, 0.25) is 0 Å². The lowest BCUT2D eigenvalue weighted by Gasteiger charge is -2.21. The number of hydrogen-bond acceptors (Lipinski definition) is 3. The summed E-state index contributed by atoms with van der Waals surface area (Å²) in [5, 5.41) is 7.40. The van der Waals surface area contributed by atoms with E-state index in [-0.39, 0.29) is 5.41 Å². The van der Waals surface area contributed by atoms with Gasteiger partial charge in [-0.15, -0.1) is 0 Å².